The number of thiophene rings is 1. The van der Waals surface area contributed by atoms with Crippen molar-refractivity contribution in [3.05, 3.63) is 44.6 Å². The summed E-state index contributed by atoms with van der Waals surface area (Å²) >= 11 is 4.96. The van der Waals surface area contributed by atoms with Crippen LogP contribution in [-0.2, 0) is 6.54 Å². The highest BCUT2D eigenvalue weighted by Gasteiger charge is 2.17. The minimum Gasteiger partial charge on any atom is -0.507 e. The molecule has 0 saturated carbocycles. The Hall–Kier alpha value is -1.53. The lowest BCUT2D eigenvalue weighted by atomic mass is 10.1. The van der Waals surface area contributed by atoms with E-state index in [0.29, 0.717) is 12.3 Å². The lowest BCUT2D eigenvalue weighted by molar-refractivity contribution is 0.0783. The van der Waals surface area contributed by atoms with E-state index in [9.17, 15) is 9.90 Å². The van der Waals surface area contributed by atoms with Gasteiger partial charge in [0.15, 0.2) is 0 Å². The van der Waals surface area contributed by atoms with E-state index in [0.717, 1.165) is 9.35 Å². The van der Waals surface area contributed by atoms with Crippen LogP contribution < -0.4 is 4.74 Å². The molecule has 0 spiro atoms. The molecule has 0 aliphatic heterocycles. The first-order valence-corrected chi connectivity index (χ1v) is 7.54. The van der Waals surface area contributed by atoms with Gasteiger partial charge in [-0.2, -0.15) is 0 Å². The smallest absolute Gasteiger partial charge is 0.257 e. The van der Waals surface area contributed by atoms with Gasteiger partial charge in [0, 0.05) is 21.8 Å². The molecule has 1 N–H and O–H groups in total. The Bertz CT molecular complexity index is 627. The number of phenolic OH excluding ortho intramolecular Hbond substituents is 1. The average molecular weight is 356 g/mol. The highest BCUT2D eigenvalue weighted by molar-refractivity contribution is 9.10. The number of phenols is 1. The molecule has 1 aromatic carbocycles. The van der Waals surface area contributed by atoms with Gasteiger partial charge in [-0.25, -0.2) is 0 Å². The maximum atomic E-state index is 12.3. The van der Waals surface area contributed by atoms with E-state index in [2.05, 4.69) is 15.9 Å². The Balaban J connectivity index is 2.17. The number of nitrogens with zero attached hydrogens (tertiary/aromatic N) is 1. The maximum absolute atomic E-state index is 12.3. The van der Waals surface area contributed by atoms with Crippen molar-refractivity contribution in [1.82, 2.24) is 4.90 Å². The number of carbonyl (C=O) groups excluding carboxylic acids is 1. The lowest BCUT2D eigenvalue weighted by Crippen LogP contribution is -2.25. The monoisotopic (exact) mass is 355 g/mol. The van der Waals surface area contributed by atoms with E-state index in [4.69, 9.17) is 4.74 Å². The number of carbonyl (C=O) groups is 1. The summed E-state index contributed by atoms with van der Waals surface area (Å²) < 4.78 is 6.08. The van der Waals surface area contributed by atoms with Gasteiger partial charge in [-0.3, -0.25) is 4.79 Å². The molecular weight excluding hydrogens is 342 g/mol. The quantitative estimate of drug-likeness (QED) is 0.912. The van der Waals surface area contributed by atoms with Crippen molar-refractivity contribution in [2.75, 3.05) is 14.2 Å². The zero-order valence-corrected chi connectivity index (χ0v) is 13.5. The van der Waals surface area contributed by atoms with E-state index in [1.807, 2.05) is 11.4 Å². The Morgan fingerprint density at radius 2 is 2.20 bits per heavy atom. The van der Waals surface area contributed by atoms with Gasteiger partial charge in [0.2, 0.25) is 0 Å². The number of hydrogen-bond donors (Lipinski definition) is 1. The fourth-order valence-electron chi connectivity index (χ4n) is 1.76. The third-order valence-electron chi connectivity index (χ3n) is 2.80. The summed E-state index contributed by atoms with van der Waals surface area (Å²) in [6.07, 6.45) is 0. The largest absolute Gasteiger partial charge is 0.507 e. The molecule has 1 amide bonds. The van der Waals surface area contributed by atoms with E-state index in [-0.39, 0.29) is 17.2 Å². The Kier molecular flexibility index (Phi) is 4.67. The lowest BCUT2D eigenvalue weighted by Gasteiger charge is -2.17. The van der Waals surface area contributed by atoms with Crippen LogP contribution in [0.4, 0.5) is 0 Å². The first-order valence-electron chi connectivity index (χ1n) is 5.86. The van der Waals surface area contributed by atoms with Gasteiger partial charge in [0.25, 0.3) is 5.91 Å². The molecule has 0 bridgehead atoms. The number of amides is 1. The standard InChI is InChI=1S/C14H14BrNO3S/c1-16(7-11-5-9(15)8-20-11)14(18)12-6-10(19-2)3-4-13(12)17/h3-6,8,17H,7H2,1-2H3. The average Bonchev–Trinajstić information content (AvgIpc) is 2.84. The summed E-state index contributed by atoms with van der Waals surface area (Å²) in [4.78, 5) is 15.0. The molecule has 106 valence electrons. The van der Waals surface area contributed by atoms with Crippen LogP contribution in [-0.4, -0.2) is 30.1 Å². The van der Waals surface area contributed by atoms with Crippen LogP contribution in [0.5, 0.6) is 11.5 Å². The van der Waals surface area contributed by atoms with Gasteiger partial charge in [-0.1, -0.05) is 0 Å². The number of rotatable bonds is 4. The highest BCUT2D eigenvalue weighted by atomic mass is 79.9. The van der Waals surface area contributed by atoms with Gasteiger partial charge < -0.3 is 14.7 Å². The Morgan fingerprint density at radius 3 is 2.80 bits per heavy atom. The summed E-state index contributed by atoms with van der Waals surface area (Å²) in [6.45, 7) is 0.492. The summed E-state index contributed by atoms with van der Waals surface area (Å²) in [5.41, 5.74) is 0.238. The molecule has 0 unspecified atom stereocenters. The number of benzene rings is 1. The van der Waals surface area contributed by atoms with Gasteiger partial charge in [-0.15, -0.1) is 11.3 Å². The van der Waals surface area contributed by atoms with Gasteiger partial charge in [0.05, 0.1) is 19.2 Å². The number of hydrogen-bond acceptors (Lipinski definition) is 4. The van der Waals surface area contributed by atoms with E-state index >= 15 is 0 Å². The maximum Gasteiger partial charge on any atom is 0.257 e. The van der Waals surface area contributed by atoms with E-state index in [1.165, 1.54) is 13.2 Å². The minimum absolute atomic E-state index is 0.0463. The van der Waals surface area contributed by atoms with Crippen molar-refractivity contribution < 1.29 is 14.6 Å². The zero-order chi connectivity index (χ0) is 14.7. The second-order valence-corrected chi connectivity index (χ2v) is 6.19. The molecule has 0 atom stereocenters. The van der Waals surface area contributed by atoms with Crippen LogP contribution in [0.2, 0.25) is 0 Å². The van der Waals surface area contributed by atoms with E-state index < -0.39 is 0 Å². The number of ether oxygens (including phenoxy) is 1. The highest BCUT2D eigenvalue weighted by Crippen LogP contribution is 2.26. The molecule has 0 aliphatic rings. The van der Waals surface area contributed by atoms with Crippen molar-refractivity contribution in [1.29, 1.82) is 0 Å². The predicted octanol–water partition coefficient (Wildman–Crippen LogP) is 3.50. The molecule has 1 heterocycles. The molecule has 0 radical (unpaired) electrons. The molecule has 4 nitrogen and oxygen atoms in total. The third kappa shape index (κ3) is 3.32. The molecule has 2 aromatic rings. The summed E-state index contributed by atoms with van der Waals surface area (Å²) in [5.74, 6) is 0.249. The molecule has 6 heteroatoms. The molecule has 2 rings (SSSR count). The predicted molar refractivity (Wildman–Crippen MR) is 82.5 cm³/mol. The van der Waals surface area contributed by atoms with Crippen LogP contribution in [0.3, 0.4) is 0 Å². The van der Waals surface area contributed by atoms with Crippen LogP contribution in [0.25, 0.3) is 0 Å². The minimum atomic E-state index is -0.245. The SMILES string of the molecule is COc1ccc(O)c(C(=O)N(C)Cc2cc(Br)cs2)c1. The molecule has 20 heavy (non-hydrogen) atoms. The second-order valence-electron chi connectivity index (χ2n) is 4.28. The van der Waals surface area contributed by atoms with Crippen molar-refractivity contribution >= 4 is 33.2 Å². The first kappa shape index (κ1) is 14.9. The van der Waals surface area contributed by atoms with Gasteiger partial charge >= 0.3 is 0 Å². The van der Waals surface area contributed by atoms with Gasteiger partial charge in [-0.05, 0) is 40.2 Å². The molecule has 0 saturated heterocycles. The normalized spacial score (nSPS) is 10.3. The van der Waals surface area contributed by atoms with Crippen molar-refractivity contribution in [2.24, 2.45) is 0 Å². The zero-order valence-electron chi connectivity index (χ0n) is 11.1. The van der Waals surface area contributed by atoms with Crippen molar-refractivity contribution in [3.63, 3.8) is 0 Å². The van der Waals surface area contributed by atoms with Crippen molar-refractivity contribution in [2.45, 2.75) is 6.54 Å². The summed E-state index contributed by atoms with van der Waals surface area (Å²) in [7, 11) is 3.22. The van der Waals surface area contributed by atoms with Gasteiger partial charge in [0.1, 0.15) is 11.5 Å². The first-order chi connectivity index (χ1) is 9.51. The second kappa shape index (κ2) is 6.28. The van der Waals surface area contributed by atoms with Crippen LogP contribution in [0.15, 0.2) is 34.1 Å². The third-order valence-corrected chi connectivity index (χ3v) is 4.48. The van der Waals surface area contributed by atoms with Crippen molar-refractivity contribution in [3.8, 4) is 11.5 Å². The molecule has 1 aromatic heterocycles. The number of aromatic hydroxyl groups is 1. The topological polar surface area (TPSA) is 49.8 Å². The number of methoxy groups -OCH3 is 1. The molecular formula is C14H14BrNO3S. The Morgan fingerprint density at radius 1 is 1.45 bits per heavy atom. The molecule has 0 fully saturated rings. The number of halogens is 1. The Labute approximate surface area is 129 Å². The van der Waals surface area contributed by atoms with Crippen LogP contribution in [0.1, 0.15) is 15.2 Å². The van der Waals surface area contributed by atoms with Crippen LogP contribution >= 0.6 is 27.3 Å². The van der Waals surface area contributed by atoms with E-state index in [1.54, 1.807) is 35.4 Å². The summed E-state index contributed by atoms with van der Waals surface area (Å²) in [6, 6.07) is 6.59. The fraction of sp³-hybridized carbons (Fsp3) is 0.214. The van der Waals surface area contributed by atoms with Crippen LogP contribution in [0, 0.1) is 0 Å². The summed E-state index contributed by atoms with van der Waals surface area (Å²) in [5, 5.41) is 11.8. The fourth-order valence-corrected chi connectivity index (χ4v) is 3.26. The molecule has 0 aliphatic carbocycles.